The topological polar surface area (TPSA) is 49.3 Å². The molecule has 0 aliphatic rings. The van der Waals surface area contributed by atoms with Crippen molar-refractivity contribution in [3.05, 3.63) is 21.4 Å². The summed E-state index contributed by atoms with van der Waals surface area (Å²) in [5, 5.41) is 11.8. The minimum atomic E-state index is -0.159. The highest BCUT2D eigenvalue weighted by atomic mass is 32.1. The van der Waals surface area contributed by atoms with E-state index in [0.717, 1.165) is 23.3 Å². The molecule has 0 saturated heterocycles. The Morgan fingerprint density at radius 1 is 1.43 bits per heavy atom. The van der Waals surface area contributed by atoms with Crippen molar-refractivity contribution >= 4 is 17.2 Å². The number of carbonyl (C=O) groups is 1. The van der Waals surface area contributed by atoms with E-state index in [0.29, 0.717) is 4.88 Å². The monoisotopic (exact) mass is 307 g/mol. The highest BCUT2D eigenvalue weighted by Crippen LogP contribution is 2.21. The molecule has 0 radical (unpaired) electrons. The van der Waals surface area contributed by atoms with E-state index in [9.17, 15) is 4.79 Å². The van der Waals surface area contributed by atoms with Crippen LogP contribution in [0.5, 0.6) is 0 Å². The smallest absolute Gasteiger partial charge is 0.261 e. The molecule has 4 heteroatoms. The molecule has 0 bridgehead atoms. The fraction of sp³-hybridized carbons (Fsp3) is 0.588. The lowest BCUT2D eigenvalue weighted by Gasteiger charge is -2.12. The predicted molar refractivity (Wildman–Crippen MR) is 88.7 cm³/mol. The van der Waals surface area contributed by atoms with Gasteiger partial charge in [0.1, 0.15) is 6.61 Å². The summed E-state index contributed by atoms with van der Waals surface area (Å²) in [4.78, 5) is 13.7. The summed E-state index contributed by atoms with van der Waals surface area (Å²) >= 11 is 1.38. The molecule has 0 aromatic carbocycles. The molecule has 1 heterocycles. The van der Waals surface area contributed by atoms with E-state index in [1.54, 1.807) is 0 Å². The number of hydrogen-bond acceptors (Lipinski definition) is 3. The maximum atomic E-state index is 12.2. The van der Waals surface area contributed by atoms with Gasteiger partial charge in [-0.15, -0.1) is 11.3 Å². The average Bonchev–Trinajstić information content (AvgIpc) is 2.83. The van der Waals surface area contributed by atoms with Gasteiger partial charge in [0.2, 0.25) is 0 Å². The molecule has 116 valence electrons. The Labute approximate surface area is 131 Å². The second-order valence-electron chi connectivity index (χ2n) is 5.31. The van der Waals surface area contributed by atoms with Crippen LogP contribution in [0.3, 0.4) is 0 Å². The van der Waals surface area contributed by atoms with E-state index in [1.165, 1.54) is 30.6 Å². The molecule has 1 aromatic heterocycles. The maximum absolute atomic E-state index is 12.2. The first-order chi connectivity index (χ1) is 10.1. The Balaban J connectivity index is 2.51. The minimum absolute atomic E-state index is 0.0249. The lowest BCUT2D eigenvalue weighted by atomic mass is 10.1. The Bertz CT molecular complexity index is 511. The number of hydrogen-bond donors (Lipinski definition) is 2. The van der Waals surface area contributed by atoms with Crippen molar-refractivity contribution < 1.29 is 9.90 Å². The fourth-order valence-corrected chi connectivity index (χ4v) is 3.03. The van der Waals surface area contributed by atoms with E-state index in [-0.39, 0.29) is 18.6 Å². The van der Waals surface area contributed by atoms with Crippen molar-refractivity contribution in [2.75, 3.05) is 6.61 Å². The summed E-state index contributed by atoms with van der Waals surface area (Å²) in [6, 6.07) is 2.06. The normalized spacial score (nSPS) is 11.6. The lowest BCUT2D eigenvalue weighted by Crippen LogP contribution is -2.31. The summed E-state index contributed by atoms with van der Waals surface area (Å²) < 4.78 is 0. The highest BCUT2D eigenvalue weighted by molar-refractivity contribution is 7.14. The third-order valence-electron chi connectivity index (χ3n) is 3.29. The van der Waals surface area contributed by atoms with Crippen molar-refractivity contribution in [2.45, 2.75) is 58.9 Å². The molecule has 21 heavy (non-hydrogen) atoms. The molecule has 0 aliphatic heterocycles. The molecule has 3 nitrogen and oxygen atoms in total. The molecule has 1 unspecified atom stereocenters. The first-order valence-corrected chi connectivity index (χ1v) is 8.41. The molecule has 0 fully saturated rings. The Kier molecular flexibility index (Phi) is 8.11. The number of amides is 1. The van der Waals surface area contributed by atoms with E-state index >= 15 is 0 Å². The largest absolute Gasteiger partial charge is 0.384 e. The zero-order chi connectivity index (χ0) is 15.7. The summed E-state index contributed by atoms with van der Waals surface area (Å²) in [5.41, 5.74) is 0.988. The number of aliphatic hydroxyl groups is 1. The molecule has 1 amide bonds. The molecular weight excluding hydrogens is 282 g/mol. The number of nitrogens with one attached hydrogen (secondary N) is 1. The van der Waals surface area contributed by atoms with Crippen LogP contribution in [0.4, 0.5) is 0 Å². The number of rotatable bonds is 7. The number of aryl methyl sites for hydroxylation is 1. The minimum Gasteiger partial charge on any atom is -0.384 e. The van der Waals surface area contributed by atoms with Gasteiger partial charge in [-0.1, -0.05) is 44.4 Å². The van der Waals surface area contributed by atoms with Crippen LogP contribution in [0.15, 0.2) is 6.07 Å². The molecule has 0 aliphatic carbocycles. The standard InChI is InChI=1S/C17H25NO2S/c1-4-5-6-7-9-14(3)18-17(20)16-12-13(2)15(21-16)10-8-11-19/h12,14,19H,4-7,9,11H2,1-3H3,(H,18,20). The fourth-order valence-electron chi connectivity index (χ4n) is 2.08. The van der Waals surface area contributed by atoms with Crippen molar-refractivity contribution in [1.82, 2.24) is 5.32 Å². The van der Waals surface area contributed by atoms with Crippen LogP contribution in [0.25, 0.3) is 0 Å². The first kappa shape index (κ1) is 17.7. The van der Waals surface area contributed by atoms with Gasteiger partial charge in [0.05, 0.1) is 9.75 Å². The summed E-state index contributed by atoms with van der Waals surface area (Å²) in [7, 11) is 0. The molecular formula is C17H25NO2S. The van der Waals surface area contributed by atoms with Crippen molar-refractivity contribution in [3.63, 3.8) is 0 Å². The number of unbranched alkanes of at least 4 members (excludes halogenated alkanes) is 3. The van der Waals surface area contributed by atoms with E-state index in [2.05, 4.69) is 31.0 Å². The third-order valence-corrected chi connectivity index (χ3v) is 4.44. The van der Waals surface area contributed by atoms with Crippen LogP contribution in [-0.4, -0.2) is 23.7 Å². The van der Waals surface area contributed by atoms with E-state index in [1.807, 2.05) is 13.0 Å². The molecule has 1 aromatic rings. The molecule has 0 saturated carbocycles. The number of carbonyl (C=O) groups excluding carboxylic acids is 1. The highest BCUT2D eigenvalue weighted by Gasteiger charge is 2.13. The zero-order valence-corrected chi connectivity index (χ0v) is 14.0. The van der Waals surface area contributed by atoms with Crippen molar-refractivity contribution in [2.24, 2.45) is 0 Å². The number of thiophene rings is 1. The van der Waals surface area contributed by atoms with Crippen LogP contribution in [0, 0.1) is 18.8 Å². The van der Waals surface area contributed by atoms with Crippen molar-refractivity contribution in [1.29, 1.82) is 0 Å². The summed E-state index contributed by atoms with van der Waals surface area (Å²) in [5.74, 6) is 5.48. The van der Waals surface area contributed by atoms with E-state index in [4.69, 9.17) is 5.11 Å². The molecule has 1 atom stereocenters. The quantitative estimate of drug-likeness (QED) is 0.598. The first-order valence-electron chi connectivity index (χ1n) is 7.59. The lowest BCUT2D eigenvalue weighted by molar-refractivity contribution is 0.0942. The second kappa shape index (κ2) is 9.59. The van der Waals surface area contributed by atoms with Crippen LogP contribution in [-0.2, 0) is 0 Å². The van der Waals surface area contributed by atoms with Gasteiger partial charge in [0.15, 0.2) is 0 Å². The molecule has 1 rings (SSSR count). The van der Waals surface area contributed by atoms with Gasteiger partial charge in [-0.05, 0) is 31.9 Å². The average molecular weight is 307 g/mol. The van der Waals surface area contributed by atoms with Crippen LogP contribution >= 0.6 is 11.3 Å². The third kappa shape index (κ3) is 6.33. The van der Waals surface area contributed by atoms with Gasteiger partial charge < -0.3 is 10.4 Å². The maximum Gasteiger partial charge on any atom is 0.261 e. The summed E-state index contributed by atoms with van der Waals surface area (Å²) in [6.07, 6.45) is 5.90. The van der Waals surface area contributed by atoms with Gasteiger partial charge in [0.25, 0.3) is 5.91 Å². The van der Waals surface area contributed by atoms with Gasteiger partial charge in [-0.2, -0.15) is 0 Å². The van der Waals surface area contributed by atoms with E-state index < -0.39 is 0 Å². The molecule has 0 spiro atoms. The Morgan fingerprint density at radius 2 is 2.19 bits per heavy atom. The number of aliphatic hydroxyl groups excluding tert-OH is 1. The van der Waals surface area contributed by atoms with Gasteiger partial charge in [-0.25, -0.2) is 0 Å². The van der Waals surface area contributed by atoms with Crippen LogP contribution < -0.4 is 5.32 Å². The Morgan fingerprint density at radius 3 is 2.86 bits per heavy atom. The predicted octanol–water partition coefficient (Wildman–Crippen LogP) is 3.49. The zero-order valence-electron chi connectivity index (χ0n) is 13.2. The SMILES string of the molecule is CCCCCCC(C)NC(=O)c1cc(C)c(C#CCO)s1. The van der Waals surface area contributed by atoms with Gasteiger partial charge >= 0.3 is 0 Å². The van der Waals surface area contributed by atoms with Crippen LogP contribution in [0.1, 0.15) is 66.1 Å². The van der Waals surface area contributed by atoms with Crippen LogP contribution in [0.2, 0.25) is 0 Å². The Hall–Kier alpha value is -1.31. The second-order valence-corrected chi connectivity index (χ2v) is 6.36. The van der Waals surface area contributed by atoms with Crippen molar-refractivity contribution in [3.8, 4) is 11.8 Å². The van der Waals surface area contributed by atoms with Gasteiger partial charge in [-0.3, -0.25) is 4.79 Å². The molecule has 2 N–H and O–H groups in total. The summed E-state index contributed by atoms with van der Waals surface area (Å²) in [6.45, 7) is 6.02. The van der Waals surface area contributed by atoms with Gasteiger partial charge in [0, 0.05) is 6.04 Å².